The summed E-state index contributed by atoms with van der Waals surface area (Å²) in [4.78, 5) is 32.9. The Morgan fingerprint density at radius 3 is 2.32 bits per heavy atom. The average Bonchev–Trinajstić information content (AvgIpc) is 2.82. The Bertz CT molecular complexity index is 714. The predicted octanol–water partition coefficient (Wildman–Crippen LogP) is 1.79. The van der Waals surface area contributed by atoms with Gasteiger partial charge in [0.1, 0.15) is 11.8 Å². The minimum Gasteiger partial charge on any atom is -0.497 e. The summed E-state index contributed by atoms with van der Waals surface area (Å²) in [6.45, 7) is 5.61. The number of ether oxygens (including phenoxy) is 1. The largest absolute Gasteiger partial charge is 0.497 e. The number of carbonyl (C=O) groups excluding carboxylic acids is 2. The van der Waals surface area contributed by atoms with Crippen LogP contribution < -0.4 is 10.1 Å². The third kappa shape index (κ3) is 6.60. The first-order valence-electron chi connectivity index (χ1n) is 11.2. The second kappa shape index (κ2) is 11.7. The summed E-state index contributed by atoms with van der Waals surface area (Å²) < 4.78 is 5.16. The van der Waals surface area contributed by atoms with Crippen LogP contribution in [0.15, 0.2) is 24.3 Å². The van der Waals surface area contributed by atoms with Gasteiger partial charge in [0.2, 0.25) is 5.91 Å². The summed E-state index contributed by atoms with van der Waals surface area (Å²) in [5.41, 5.74) is 0.537. The molecule has 0 radical (unpaired) electrons. The van der Waals surface area contributed by atoms with Crippen molar-refractivity contribution in [2.75, 3.05) is 65.4 Å². The zero-order chi connectivity index (χ0) is 22.2. The van der Waals surface area contributed by atoms with Gasteiger partial charge in [-0.05, 0) is 75.7 Å². The van der Waals surface area contributed by atoms with Crippen molar-refractivity contribution in [3.8, 4) is 5.75 Å². The van der Waals surface area contributed by atoms with Crippen LogP contribution in [0, 0.1) is 0 Å². The minimum absolute atomic E-state index is 0.0407. The number of piperazine rings is 1. The first-order chi connectivity index (χ1) is 15.0. The summed E-state index contributed by atoms with van der Waals surface area (Å²) in [5.74, 6) is 1.36. The number of likely N-dealkylation sites (tertiary alicyclic amines) is 1. The Morgan fingerprint density at radius 2 is 1.74 bits per heavy atom. The number of piperidine rings is 1. The number of methoxy groups -OCH3 is 1. The third-order valence-corrected chi connectivity index (χ3v) is 7.04. The molecule has 3 rings (SSSR count). The van der Waals surface area contributed by atoms with Gasteiger partial charge in [0.15, 0.2) is 0 Å². The number of amides is 2. The van der Waals surface area contributed by atoms with E-state index in [1.54, 1.807) is 43.1 Å². The van der Waals surface area contributed by atoms with Gasteiger partial charge in [0.25, 0.3) is 5.91 Å². The van der Waals surface area contributed by atoms with Crippen molar-refractivity contribution < 1.29 is 14.3 Å². The van der Waals surface area contributed by atoms with Gasteiger partial charge in [-0.2, -0.15) is 11.8 Å². The fourth-order valence-electron chi connectivity index (χ4n) is 4.37. The highest BCUT2D eigenvalue weighted by molar-refractivity contribution is 7.98. The molecule has 2 saturated heterocycles. The van der Waals surface area contributed by atoms with Gasteiger partial charge in [-0.3, -0.25) is 14.5 Å². The first-order valence-corrected chi connectivity index (χ1v) is 12.6. The molecular formula is C23H36N4O3S. The van der Waals surface area contributed by atoms with Gasteiger partial charge < -0.3 is 19.9 Å². The number of hydrogen-bond acceptors (Lipinski definition) is 6. The average molecular weight is 449 g/mol. The van der Waals surface area contributed by atoms with Gasteiger partial charge in [-0.1, -0.05) is 0 Å². The van der Waals surface area contributed by atoms with E-state index in [1.807, 2.05) is 11.2 Å². The van der Waals surface area contributed by atoms with Crippen molar-refractivity contribution in [1.29, 1.82) is 0 Å². The lowest BCUT2D eigenvalue weighted by atomic mass is 10.0. The second-order valence-electron chi connectivity index (χ2n) is 8.43. The van der Waals surface area contributed by atoms with E-state index in [0.29, 0.717) is 23.8 Å². The van der Waals surface area contributed by atoms with Crippen LogP contribution in [0.2, 0.25) is 0 Å². The maximum absolute atomic E-state index is 13.3. The van der Waals surface area contributed by atoms with E-state index in [9.17, 15) is 9.59 Å². The highest BCUT2D eigenvalue weighted by atomic mass is 32.2. The maximum Gasteiger partial charge on any atom is 0.251 e. The van der Waals surface area contributed by atoms with Crippen LogP contribution in [-0.2, 0) is 4.79 Å². The van der Waals surface area contributed by atoms with Crippen LogP contribution in [0.3, 0.4) is 0 Å². The van der Waals surface area contributed by atoms with Crippen molar-refractivity contribution in [3.05, 3.63) is 29.8 Å². The molecule has 7 nitrogen and oxygen atoms in total. The number of benzene rings is 1. The van der Waals surface area contributed by atoms with E-state index in [-0.39, 0.29) is 11.8 Å². The van der Waals surface area contributed by atoms with Crippen LogP contribution in [-0.4, -0.2) is 104 Å². The Hall–Kier alpha value is -1.77. The SMILES string of the molecule is COc1ccc(C(=O)N[C@H](CCSC)C(=O)N2CCN(C3CCN(C)CC3)CC2)cc1. The summed E-state index contributed by atoms with van der Waals surface area (Å²) >= 11 is 1.69. The maximum atomic E-state index is 13.3. The molecule has 2 fully saturated rings. The number of nitrogens with one attached hydrogen (secondary N) is 1. The molecule has 0 bridgehead atoms. The summed E-state index contributed by atoms with van der Waals surface area (Å²) in [6, 6.07) is 7.12. The molecule has 2 amide bonds. The number of thioether (sulfide) groups is 1. The fourth-order valence-corrected chi connectivity index (χ4v) is 4.84. The highest BCUT2D eigenvalue weighted by Crippen LogP contribution is 2.18. The van der Waals surface area contributed by atoms with Crippen LogP contribution in [0.1, 0.15) is 29.6 Å². The summed E-state index contributed by atoms with van der Waals surface area (Å²) in [6.07, 6.45) is 5.07. The quantitative estimate of drug-likeness (QED) is 0.654. The molecule has 0 aromatic heterocycles. The Morgan fingerprint density at radius 1 is 1.10 bits per heavy atom. The molecule has 8 heteroatoms. The first kappa shape index (κ1) is 23.9. The van der Waals surface area contributed by atoms with Gasteiger partial charge in [-0.15, -0.1) is 0 Å². The van der Waals surface area contributed by atoms with E-state index < -0.39 is 6.04 Å². The number of hydrogen-bond donors (Lipinski definition) is 1. The minimum atomic E-state index is -0.489. The van der Waals surface area contributed by atoms with Gasteiger partial charge >= 0.3 is 0 Å². The van der Waals surface area contributed by atoms with Crippen LogP contribution in [0.4, 0.5) is 0 Å². The molecule has 2 aliphatic heterocycles. The number of rotatable bonds is 8. The molecule has 1 N–H and O–H groups in total. The smallest absolute Gasteiger partial charge is 0.251 e. The van der Waals surface area contributed by atoms with Crippen molar-refractivity contribution in [2.24, 2.45) is 0 Å². The molecule has 1 aromatic rings. The normalized spacial score (nSPS) is 19.8. The van der Waals surface area contributed by atoms with Crippen molar-refractivity contribution >= 4 is 23.6 Å². The Labute approximate surface area is 190 Å². The lowest BCUT2D eigenvalue weighted by Crippen LogP contribution is -2.57. The molecular weight excluding hydrogens is 412 g/mol. The molecule has 0 spiro atoms. The van der Waals surface area contributed by atoms with E-state index in [2.05, 4.69) is 22.2 Å². The Kier molecular flexibility index (Phi) is 9.04. The molecule has 172 valence electrons. The zero-order valence-corrected chi connectivity index (χ0v) is 19.8. The topological polar surface area (TPSA) is 65.1 Å². The van der Waals surface area contributed by atoms with E-state index in [0.717, 1.165) is 45.0 Å². The second-order valence-corrected chi connectivity index (χ2v) is 9.42. The van der Waals surface area contributed by atoms with E-state index in [4.69, 9.17) is 4.74 Å². The van der Waals surface area contributed by atoms with Crippen LogP contribution >= 0.6 is 11.8 Å². The van der Waals surface area contributed by atoms with Gasteiger partial charge in [0, 0.05) is 37.8 Å². The molecule has 1 aromatic carbocycles. The standard InChI is InChI=1S/C23H36N4O3S/c1-25-11-8-19(9-12-25)26-13-15-27(16-14-26)23(29)21(10-17-31-3)24-22(28)18-4-6-20(30-2)7-5-18/h4-7,19,21H,8-17H2,1-3H3,(H,24,28)/t21-/m1/s1. The monoisotopic (exact) mass is 448 g/mol. The van der Waals surface area contributed by atoms with Crippen molar-refractivity contribution in [1.82, 2.24) is 20.0 Å². The van der Waals surface area contributed by atoms with Crippen LogP contribution in [0.5, 0.6) is 5.75 Å². The van der Waals surface area contributed by atoms with E-state index in [1.165, 1.54) is 12.8 Å². The molecule has 2 aliphatic rings. The molecule has 1 atom stereocenters. The van der Waals surface area contributed by atoms with Crippen molar-refractivity contribution in [2.45, 2.75) is 31.3 Å². The number of nitrogens with zero attached hydrogens (tertiary/aromatic N) is 3. The van der Waals surface area contributed by atoms with Crippen LogP contribution in [0.25, 0.3) is 0 Å². The van der Waals surface area contributed by atoms with Crippen molar-refractivity contribution in [3.63, 3.8) is 0 Å². The molecule has 31 heavy (non-hydrogen) atoms. The molecule has 0 aliphatic carbocycles. The van der Waals surface area contributed by atoms with E-state index >= 15 is 0 Å². The lowest BCUT2D eigenvalue weighted by Gasteiger charge is -2.42. The fraction of sp³-hybridized carbons (Fsp3) is 0.652. The summed E-state index contributed by atoms with van der Waals surface area (Å²) in [7, 11) is 3.78. The third-order valence-electron chi connectivity index (χ3n) is 6.40. The molecule has 0 saturated carbocycles. The highest BCUT2D eigenvalue weighted by Gasteiger charge is 2.31. The lowest BCUT2D eigenvalue weighted by molar-refractivity contribution is -0.135. The molecule has 2 heterocycles. The zero-order valence-electron chi connectivity index (χ0n) is 19.0. The predicted molar refractivity (Wildman–Crippen MR) is 126 cm³/mol. The number of carbonyl (C=O) groups is 2. The molecule has 0 unspecified atom stereocenters. The summed E-state index contributed by atoms with van der Waals surface area (Å²) in [5, 5.41) is 2.98. The van der Waals surface area contributed by atoms with Gasteiger partial charge in [-0.25, -0.2) is 0 Å². The van der Waals surface area contributed by atoms with Gasteiger partial charge in [0.05, 0.1) is 7.11 Å². The Balaban J connectivity index is 1.56.